The number of benzene rings is 1. The summed E-state index contributed by atoms with van der Waals surface area (Å²) in [6, 6.07) is 5.88. The first-order valence-electron chi connectivity index (χ1n) is 11.2. The molecule has 9 heteroatoms. The van der Waals surface area contributed by atoms with Crippen LogP contribution in [0.4, 0.5) is 0 Å². The molecule has 0 aliphatic carbocycles. The van der Waals surface area contributed by atoms with E-state index in [1.165, 1.54) is 10.8 Å². The monoisotopic (exact) mass is 493 g/mol. The predicted octanol–water partition coefficient (Wildman–Crippen LogP) is 5.44. The van der Waals surface area contributed by atoms with E-state index in [0.29, 0.717) is 23.1 Å². The molecule has 3 aromatic heterocycles. The third-order valence-electron chi connectivity index (χ3n) is 5.55. The number of halogens is 1. The Balaban J connectivity index is 1.76. The molecule has 0 fully saturated rings. The third kappa shape index (κ3) is 4.98. The van der Waals surface area contributed by atoms with Crippen molar-refractivity contribution >= 4 is 11.6 Å². The molecule has 35 heavy (non-hydrogen) atoms. The van der Waals surface area contributed by atoms with Crippen LogP contribution in [0.3, 0.4) is 0 Å². The number of rotatable bonds is 5. The maximum Gasteiger partial charge on any atom is 0.280 e. The molecule has 0 unspecified atom stereocenters. The Morgan fingerprint density at radius 3 is 2.46 bits per heavy atom. The van der Waals surface area contributed by atoms with Crippen LogP contribution in [0.1, 0.15) is 55.1 Å². The zero-order valence-corrected chi connectivity index (χ0v) is 21.7. The second-order valence-electron chi connectivity index (χ2n) is 9.54. The van der Waals surface area contributed by atoms with Gasteiger partial charge in [0.05, 0.1) is 11.4 Å². The summed E-state index contributed by atoms with van der Waals surface area (Å²) in [5.74, 6) is 1.78. The molecule has 0 bridgehead atoms. The van der Waals surface area contributed by atoms with E-state index in [1.807, 2.05) is 38.2 Å². The zero-order valence-electron chi connectivity index (χ0n) is 20.9. The molecule has 182 valence electrons. The lowest BCUT2D eigenvalue weighted by atomic mass is 9.95. The SMILES string of the molecule is Cc1nc(COc2nc(C)n(-c3cc(-c4nc(C(C)(C)C)ncc4C)ccc3C)c(=O)c2Cl)co1. The molecular formula is C26H28ClN5O3. The lowest BCUT2D eigenvalue weighted by Gasteiger charge is -2.19. The highest BCUT2D eigenvalue weighted by atomic mass is 35.5. The van der Waals surface area contributed by atoms with Crippen LogP contribution < -0.4 is 10.3 Å². The number of hydrogen-bond donors (Lipinski definition) is 0. The highest BCUT2D eigenvalue weighted by Crippen LogP contribution is 2.29. The number of aromatic nitrogens is 5. The number of ether oxygens (including phenoxy) is 1. The second-order valence-corrected chi connectivity index (χ2v) is 9.92. The molecule has 0 atom stereocenters. The Hall–Kier alpha value is -3.52. The number of aryl methyl sites for hydroxylation is 4. The van der Waals surface area contributed by atoms with Crippen molar-refractivity contribution in [3.05, 3.63) is 80.4 Å². The molecule has 8 nitrogen and oxygen atoms in total. The Bertz CT molecular complexity index is 1470. The molecule has 0 radical (unpaired) electrons. The summed E-state index contributed by atoms with van der Waals surface area (Å²) < 4.78 is 12.4. The van der Waals surface area contributed by atoms with Crippen molar-refractivity contribution in [3.63, 3.8) is 0 Å². The number of nitrogens with zero attached hydrogens (tertiary/aromatic N) is 5. The van der Waals surface area contributed by atoms with Crippen LogP contribution in [0.15, 0.2) is 39.9 Å². The van der Waals surface area contributed by atoms with E-state index in [4.69, 9.17) is 25.7 Å². The standard InChI is InChI=1S/C26H28ClN5O3/c1-14-8-9-18(22-15(2)11-28-25(31-22)26(5,6)7)10-20(14)32-16(3)29-23(21(27)24(32)33)35-13-19-12-34-17(4)30-19/h8-12H,13H2,1-7H3. The summed E-state index contributed by atoms with van der Waals surface area (Å²) in [5.41, 5.74) is 4.18. The molecule has 1 aromatic carbocycles. The van der Waals surface area contributed by atoms with Gasteiger partial charge in [-0.1, -0.05) is 44.5 Å². The van der Waals surface area contributed by atoms with Crippen molar-refractivity contribution in [1.29, 1.82) is 0 Å². The smallest absolute Gasteiger partial charge is 0.280 e. The molecular weight excluding hydrogens is 466 g/mol. The Morgan fingerprint density at radius 2 is 1.80 bits per heavy atom. The van der Waals surface area contributed by atoms with Gasteiger partial charge in [0.15, 0.2) is 10.9 Å². The minimum Gasteiger partial charge on any atom is -0.470 e. The van der Waals surface area contributed by atoms with Crippen molar-refractivity contribution in [1.82, 2.24) is 24.5 Å². The van der Waals surface area contributed by atoms with Crippen molar-refractivity contribution in [3.8, 4) is 22.8 Å². The van der Waals surface area contributed by atoms with Gasteiger partial charge >= 0.3 is 0 Å². The molecule has 0 saturated heterocycles. The predicted molar refractivity (Wildman–Crippen MR) is 134 cm³/mol. The molecule has 0 N–H and O–H groups in total. The van der Waals surface area contributed by atoms with Gasteiger partial charge in [0.1, 0.15) is 30.2 Å². The molecule has 0 aliphatic heterocycles. The van der Waals surface area contributed by atoms with Gasteiger partial charge in [0.2, 0.25) is 5.88 Å². The molecule has 0 saturated carbocycles. The first-order chi connectivity index (χ1) is 16.5. The average Bonchev–Trinajstić information content (AvgIpc) is 3.21. The van der Waals surface area contributed by atoms with Gasteiger partial charge < -0.3 is 9.15 Å². The van der Waals surface area contributed by atoms with E-state index >= 15 is 0 Å². The maximum atomic E-state index is 13.3. The van der Waals surface area contributed by atoms with E-state index in [-0.39, 0.29) is 22.9 Å². The van der Waals surface area contributed by atoms with Crippen molar-refractivity contribution in [2.75, 3.05) is 0 Å². The fraction of sp³-hybridized carbons (Fsp3) is 0.346. The van der Waals surface area contributed by atoms with Gasteiger partial charge in [0.25, 0.3) is 5.56 Å². The third-order valence-corrected chi connectivity index (χ3v) is 5.88. The van der Waals surface area contributed by atoms with Gasteiger partial charge in [-0.25, -0.2) is 15.0 Å². The summed E-state index contributed by atoms with van der Waals surface area (Å²) in [6.07, 6.45) is 3.33. The zero-order chi connectivity index (χ0) is 25.5. The van der Waals surface area contributed by atoms with Crippen molar-refractivity contribution < 1.29 is 9.15 Å². The van der Waals surface area contributed by atoms with E-state index in [9.17, 15) is 4.79 Å². The minimum absolute atomic E-state index is 0.0568. The Morgan fingerprint density at radius 1 is 1.06 bits per heavy atom. The fourth-order valence-electron chi connectivity index (χ4n) is 3.67. The first-order valence-corrected chi connectivity index (χ1v) is 11.6. The highest BCUT2D eigenvalue weighted by molar-refractivity contribution is 6.31. The van der Waals surface area contributed by atoms with E-state index in [0.717, 1.165) is 28.2 Å². The molecule has 4 rings (SSSR count). The van der Waals surface area contributed by atoms with Crippen LogP contribution in [0.2, 0.25) is 5.02 Å². The van der Waals surface area contributed by atoms with Crippen LogP contribution in [0.25, 0.3) is 16.9 Å². The summed E-state index contributed by atoms with van der Waals surface area (Å²) in [4.78, 5) is 31.3. The summed E-state index contributed by atoms with van der Waals surface area (Å²) in [6.45, 7) is 13.7. The second kappa shape index (κ2) is 9.26. The normalized spacial score (nSPS) is 11.7. The topological polar surface area (TPSA) is 95.9 Å². The van der Waals surface area contributed by atoms with E-state index < -0.39 is 5.56 Å². The quantitative estimate of drug-likeness (QED) is 0.365. The minimum atomic E-state index is -0.416. The number of hydrogen-bond acceptors (Lipinski definition) is 7. The maximum absolute atomic E-state index is 13.3. The van der Waals surface area contributed by atoms with Gasteiger partial charge in [-0.2, -0.15) is 4.98 Å². The van der Waals surface area contributed by atoms with Crippen LogP contribution in [0.5, 0.6) is 5.88 Å². The van der Waals surface area contributed by atoms with Crippen LogP contribution in [0, 0.1) is 27.7 Å². The van der Waals surface area contributed by atoms with Crippen LogP contribution >= 0.6 is 11.6 Å². The first kappa shape index (κ1) is 24.6. The van der Waals surface area contributed by atoms with Gasteiger partial charge in [-0.15, -0.1) is 0 Å². The highest BCUT2D eigenvalue weighted by Gasteiger charge is 2.21. The summed E-state index contributed by atoms with van der Waals surface area (Å²) >= 11 is 6.41. The molecule has 3 heterocycles. The van der Waals surface area contributed by atoms with Crippen LogP contribution in [-0.2, 0) is 12.0 Å². The molecule has 0 spiro atoms. The Kier molecular flexibility index (Phi) is 6.51. The van der Waals surface area contributed by atoms with E-state index in [1.54, 1.807) is 13.8 Å². The fourth-order valence-corrected chi connectivity index (χ4v) is 3.85. The molecule has 0 aliphatic rings. The van der Waals surface area contributed by atoms with Crippen molar-refractivity contribution in [2.45, 2.75) is 60.5 Å². The van der Waals surface area contributed by atoms with Gasteiger partial charge in [-0.05, 0) is 38.0 Å². The lowest BCUT2D eigenvalue weighted by molar-refractivity contribution is 0.287. The number of oxazole rings is 1. The molecule has 0 amide bonds. The van der Waals surface area contributed by atoms with Crippen LogP contribution in [-0.4, -0.2) is 24.5 Å². The van der Waals surface area contributed by atoms with Crippen molar-refractivity contribution in [2.24, 2.45) is 0 Å². The van der Waals surface area contributed by atoms with Gasteiger partial charge in [-0.3, -0.25) is 9.36 Å². The lowest BCUT2D eigenvalue weighted by Crippen LogP contribution is -2.24. The molecule has 4 aromatic rings. The van der Waals surface area contributed by atoms with E-state index in [2.05, 4.69) is 35.7 Å². The summed E-state index contributed by atoms with van der Waals surface area (Å²) in [5, 5.41) is -0.103. The summed E-state index contributed by atoms with van der Waals surface area (Å²) in [7, 11) is 0. The largest absolute Gasteiger partial charge is 0.470 e. The average molecular weight is 494 g/mol. The van der Waals surface area contributed by atoms with Gasteiger partial charge in [0, 0.05) is 24.1 Å². The Labute approximate surface area is 209 Å².